The highest BCUT2D eigenvalue weighted by atomic mass is 28.3. The number of Topliss-reactive ketones (excluding diaryl/α,β-unsaturated/α-hetero) is 1. The highest BCUT2D eigenvalue weighted by molar-refractivity contribution is 6.93. The number of cyclic esters (lactones) is 1. The van der Waals surface area contributed by atoms with Crippen molar-refractivity contribution < 1.29 is 14.3 Å². The highest BCUT2D eigenvalue weighted by Crippen LogP contribution is 2.49. The Morgan fingerprint density at radius 2 is 1.64 bits per heavy atom. The Morgan fingerprint density at radius 3 is 2.08 bits per heavy atom. The first-order chi connectivity index (χ1) is 11.6. The van der Waals surface area contributed by atoms with Gasteiger partial charge in [0.2, 0.25) is 0 Å². The third-order valence-corrected chi connectivity index (χ3v) is 13.8. The maximum atomic E-state index is 13.2. The molecule has 0 aliphatic carbocycles. The third-order valence-electron chi connectivity index (χ3n) is 6.71. The van der Waals surface area contributed by atoms with Crippen LogP contribution in [-0.2, 0) is 9.53 Å². The van der Waals surface area contributed by atoms with Gasteiger partial charge in [-0.25, -0.2) is 4.79 Å². The Balaban J connectivity index is 2.54. The van der Waals surface area contributed by atoms with Gasteiger partial charge in [0.15, 0.2) is 5.78 Å². The molecule has 1 amide bonds. The smallest absolute Gasteiger partial charge is 0.414 e. The number of amides is 1. The van der Waals surface area contributed by atoms with Gasteiger partial charge in [0.25, 0.3) is 0 Å². The van der Waals surface area contributed by atoms with Gasteiger partial charge in [0.1, 0.15) is 14.2 Å². The molecule has 0 N–H and O–H groups in total. The molecule has 0 aromatic heterocycles. The van der Waals surface area contributed by atoms with Crippen molar-refractivity contribution in [3.63, 3.8) is 0 Å². The van der Waals surface area contributed by atoms with Crippen LogP contribution in [0.25, 0.3) is 0 Å². The maximum absolute atomic E-state index is 13.2. The molecule has 2 rings (SSSR count). The van der Waals surface area contributed by atoms with E-state index in [9.17, 15) is 9.59 Å². The molecule has 25 heavy (non-hydrogen) atoms. The van der Waals surface area contributed by atoms with Gasteiger partial charge in [0, 0.05) is 18.5 Å². The molecule has 1 fully saturated rings. The second-order valence-electron chi connectivity index (χ2n) is 8.73. The number of ketones is 1. The van der Waals surface area contributed by atoms with Gasteiger partial charge in [-0.15, -0.1) is 0 Å². The van der Waals surface area contributed by atoms with Gasteiger partial charge >= 0.3 is 6.09 Å². The third kappa shape index (κ3) is 3.09. The molecule has 0 spiro atoms. The molecule has 0 radical (unpaired) electrons. The van der Waals surface area contributed by atoms with E-state index in [1.54, 1.807) is 4.90 Å². The van der Waals surface area contributed by atoms with Crippen molar-refractivity contribution >= 4 is 20.0 Å². The number of rotatable bonds is 5. The van der Waals surface area contributed by atoms with Crippen molar-refractivity contribution in [3.8, 4) is 0 Å². The van der Waals surface area contributed by atoms with E-state index in [4.69, 9.17) is 4.74 Å². The Bertz CT molecular complexity index is 546. The van der Waals surface area contributed by atoms with E-state index in [0.717, 1.165) is 11.6 Å². The molecular weight excluding hydrogens is 330 g/mol. The fraction of sp³-hybridized carbons (Fsp3) is 0.800. The minimum Gasteiger partial charge on any atom is -0.445 e. The second kappa shape index (κ2) is 7.26. The van der Waals surface area contributed by atoms with E-state index in [-0.39, 0.29) is 29.9 Å². The van der Waals surface area contributed by atoms with E-state index in [1.165, 1.54) is 0 Å². The lowest BCUT2D eigenvalue weighted by atomic mass is 9.87. The number of hydrogen-bond donors (Lipinski definition) is 0. The van der Waals surface area contributed by atoms with Crippen molar-refractivity contribution in [1.82, 2.24) is 4.90 Å². The lowest BCUT2D eigenvalue weighted by Gasteiger charge is -2.49. The summed E-state index contributed by atoms with van der Waals surface area (Å²) in [7, 11) is -2.08. The molecule has 2 aliphatic heterocycles. The van der Waals surface area contributed by atoms with E-state index >= 15 is 0 Å². The molecule has 0 bridgehead atoms. The molecule has 4 nitrogen and oxygen atoms in total. The highest BCUT2D eigenvalue weighted by Gasteiger charge is 2.52. The second-order valence-corrected chi connectivity index (χ2v) is 14.6. The summed E-state index contributed by atoms with van der Waals surface area (Å²) in [4.78, 5) is 27.6. The summed E-state index contributed by atoms with van der Waals surface area (Å²) in [5.41, 5.74) is 1.34. The van der Waals surface area contributed by atoms with Gasteiger partial charge in [-0.05, 0) is 28.2 Å². The first-order valence-electron chi connectivity index (χ1n) is 9.83. The summed E-state index contributed by atoms with van der Waals surface area (Å²) in [6.45, 7) is 17.6. The molecule has 2 aliphatic rings. The average Bonchev–Trinajstić information content (AvgIpc) is 2.51. The van der Waals surface area contributed by atoms with Crippen LogP contribution in [0.15, 0.2) is 11.4 Å². The first kappa shape index (κ1) is 20.2. The number of fused-ring (bicyclic) bond motifs is 1. The number of carbonyl (C=O) groups excluding carboxylic acids is 2. The van der Waals surface area contributed by atoms with Crippen LogP contribution in [0.4, 0.5) is 4.79 Å². The molecule has 2 heterocycles. The fourth-order valence-corrected chi connectivity index (χ4v) is 12.4. The maximum Gasteiger partial charge on any atom is 0.414 e. The molecule has 0 aromatic rings. The lowest BCUT2D eigenvalue weighted by molar-refractivity contribution is -0.119. The van der Waals surface area contributed by atoms with Crippen LogP contribution in [0.2, 0.25) is 16.6 Å². The van der Waals surface area contributed by atoms with Crippen LogP contribution in [0, 0.1) is 5.92 Å². The minimum atomic E-state index is -2.08. The average molecular weight is 366 g/mol. The Morgan fingerprint density at radius 1 is 1.12 bits per heavy atom. The Kier molecular flexibility index (Phi) is 5.87. The van der Waals surface area contributed by atoms with Crippen LogP contribution < -0.4 is 0 Å². The predicted octanol–water partition coefficient (Wildman–Crippen LogP) is 5.30. The molecule has 3 atom stereocenters. The van der Waals surface area contributed by atoms with Crippen molar-refractivity contribution in [2.45, 2.75) is 97.0 Å². The lowest BCUT2D eigenvalue weighted by Crippen LogP contribution is -2.58. The van der Waals surface area contributed by atoms with Gasteiger partial charge in [0.05, 0.1) is 6.04 Å². The van der Waals surface area contributed by atoms with Crippen LogP contribution in [0.1, 0.15) is 68.2 Å². The molecule has 142 valence electrons. The topological polar surface area (TPSA) is 46.6 Å². The largest absolute Gasteiger partial charge is 0.445 e. The van der Waals surface area contributed by atoms with E-state index in [1.807, 2.05) is 13.1 Å². The molecule has 0 unspecified atom stereocenters. The summed E-state index contributed by atoms with van der Waals surface area (Å²) >= 11 is 0. The molecule has 5 heteroatoms. The van der Waals surface area contributed by atoms with Crippen LogP contribution in [0.3, 0.4) is 0 Å². The van der Waals surface area contributed by atoms with E-state index in [0.29, 0.717) is 23.0 Å². The SMILES string of the molecule is CC[C@H]1OC(=O)N2C=C([Si](C(C)C)(C(C)C)C(C)C)C(=O)C[C@H]2[C@@H]1C. The van der Waals surface area contributed by atoms with E-state index in [2.05, 4.69) is 48.5 Å². The Labute approximate surface area is 154 Å². The number of ether oxygens (including phenoxy) is 1. The molecule has 1 saturated heterocycles. The zero-order chi connectivity index (χ0) is 19.1. The molecule has 0 aromatic carbocycles. The standard InChI is InChI=1S/C20H35NO3Si/c1-9-18-15(8)16-10-17(22)19(11-21(16)20(23)24-18)25(12(2)3,13(4)5)14(6)7/h11-16,18H,9-10H2,1-8H3/t15-,16-,18+/m0/s1. The Hall–Kier alpha value is -1.10. The number of hydrogen-bond acceptors (Lipinski definition) is 3. The minimum absolute atomic E-state index is 0.0550. The zero-order valence-electron chi connectivity index (χ0n) is 17.1. The number of nitrogens with zero attached hydrogens (tertiary/aromatic N) is 1. The zero-order valence-corrected chi connectivity index (χ0v) is 18.1. The summed E-state index contributed by atoms with van der Waals surface area (Å²) < 4.78 is 5.64. The van der Waals surface area contributed by atoms with Gasteiger partial charge in [-0.1, -0.05) is 55.4 Å². The van der Waals surface area contributed by atoms with Gasteiger partial charge in [-0.2, -0.15) is 0 Å². The summed E-state index contributed by atoms with van der Waals surface area (Å²) in [5.74, 6) is 0.443. The summed E-state index contributed by atoms with van der Waals surface area (Å²) in [6, 6.07) is -0.0550. The fourth-order valence-electron chi connectivity index (χ4n) is 5.62. The van der Waals surface area contributed by atoms with Crippen LogP contribution >= 0.6 is 0 Å². The van der Waals surface area contributed by atoms with Crippen LogP contribution in [0.5, 0.6) is 0 Å². The first-order valence-corrected chi connectivity index (χ1v) is 12.1. The molecular formula is C20H35NO3Si. The van der Waals surface area contributed by atoms with Crippen molar-refractivity contribution in [1.29, 1.82) is 0 Å². The monoisotopic (exact) mass is 365 g/mol. The van der Waals surface area contributed by atoms with Crippen molar-refractivity contribution in [3.05, 3.63) is 11.4 Å². The predicted molar refractivity (Wildman–Crippen MR) is 104 cm³/mol. The summed E-state index contributed by atoms with van der Waals surface area (Å²) in [5, 5.41) is 0.947. The quantitative estimate of drug-likeness (QED) is 0.621. The van der Waals surface area contributed by atoms with Crippen molar-refractivity contribution in [2.24, 2.45) is 5.92 Å². The number of allylic oxidation sites excluding steroid dienone is 1. The van der Waals surface area contributed by atoms with E-state index < -0.39 is 8.07 Å². The summed E-state index contributed by atoms with van der Waals surface area (Å²) in [6.07, 6.45) is 2.77. The normalized spacial score (nSPS) is 27.7. The van der Waals surface area contributed by atoms with Gasteiger partial charge in [-0.3, -0.25) is 9.69 Å². The molecule has 0 saturated carbocycles. The number of carbonyl (C=O) groups is 2. The van der Waals surface area contributed by atoms with Crippen molar-refractivity contribution in [2.75, 3.05) is 0 Å². The van der Waals surface area contributed by atoms with Crippen LogP contribution in [-0.4, -0.2) is 37.0 Å². The van der Waals surface area contributed by atoms with Gasteiger partial charge < -0.3 is 4.74 Å².